The number of aromatic nitrogens is 4. The van der Waals surface area contributed by atoms with Gasteiger partial charge in [-0.25, -0.2) is 0 Å². The normalized spacial score (nSPS) is 21.6. The summed E-state index contributed by atoms with van der Waals surface area (Å²) in [6.45, 7) is 8.16. The molecule has 1 unspecified atom stereocenters. The average molecular weight is 598 g/mol. The summed E-state index contributed by atoms with van der Waals surface area (Å²) in [5, 5.41) is 11.8. The summed E-state index contributed by atoms with van der Waals surface area (Å²) in [5.41, 5.74) is 2.77. The van der Waals surface area contributed by atoms with Crippen LogP contribution in [0.5, 0.6) is 0 Å². The second-order valence-electron chi connectivity index (χ2n) is 12.1. The monoisotopic (exact) mass is 597 g/mol. The first-order chi connectivity index (χ1) is 21.6. The molecule has 44 heavy (non-hydrogen) atoms. The number of aromatic amines is 2. The van der Waals surface area contributed by atoms with Crippen LogP contribution in [0.2, 0.25) is 0 Å². The zero-order chi connectivity index (χ0) is 29.9. The Labute approximate surface area is 256 Å². The number of hydrogen-bond donors (Lipinski definition) is 3. The molecule has 0 aliphatic carbocycles. The van der Waals surface area contributed by atoms with Crippen LogP contribution < -0.4 is 10.2 Å². The van der Waals surface area contributed by atoms with Crippen LogP contribution >= 0.6 is 0 Å². The van der Waals surface area contributed by atoms with Gasteiger partial charge in [0.1, 0.15) is 11.5 Å². The van der Waals surface area contributed by atoms with E-state index in [0.29, 0.717) is 58.9 Å². The third-order valence-electron chi connectivity index (χ3n) is 9.23. The molecule has 6 heterocycles. The Balaban J connectivity index is 1.05. The van der Waals surface area contributed by atoms with Gasteiger partial charge in [0.05, 0.1) is 30.7 Å². The van der Waals surface area contributed by atoms with Crippen molar-refractivity contribution in [1.82, 2.24) is 34.9 Å². The number of carbonyl (C=O) groups is 2. The van der Waals surface area contributed by atoms with Crippen LogP contribution in [-0.2, 0) is 14.3 Å². The summed E-state index contributed by atoms with van der Waals surface area (Å²) in [6, 6.07) is 13.8. The molecule has 7 rings (SSSR count). The Kier molecular flexibility index (Phi) is 8.03. The lowest BCUT2D eigenvalue weighted by atomic mass is 9.85. The van der Waals surface area contributed by atoms with Crippen molar-refractivity contribution >= 4 is 34.2 Å². The number of H-pyrrole nitrogens is 2. The van der Waals surface area contributed by atoms with Crippen molar-refractivity contribution in [2.45, 2.75) is 6.42 Å². The number of piperazine rings is 1. The number of rotatable bonds is 8. The van der Waals surface area contributed by atoms with Crippen LogP contribution in [0.4, 0.5) is 11.5 Å². The molecular weight excluding hydrogens is 558 g/mol. The van der Waals surface area contributed by atoms with Crippen molar-refractivity contribution in [3.8, 4) is 11.3 Å². The lowest BCUT2D eigenvalue weighted by molar-refractivity contribution is -0.133. The van der Waals surface area contributed by atoms with Crippen LogP contribution in [-0.4, -0.2) is 125 Å². The fraction of sp³-hybridized carbons (Fsp3) is 0.438. The van der Waals surface area contributed by atoms with E-state index in [1.54, 1.807) is 12.4 Å². The fourth-order valence-electron chi connectivity index (χ4n) is 6.76. The fourth-order valence-corrected chi connectivity index (χ4v) is 6.76. The number of fused-ring (bicyclic) bond motifs is 1. The zero-order valence-corrected chi connectivity index (χ0v) is 24.9. The van der Waals surface area contributed by atoms with Gasteiger partial charge >= 0.3 is 0 Å². The van der Waals surface area contributed by atoms with Crippen LogP contribution in [0, 0.1) is 5.41 Å². The molecule has 3 aromatic heterocycles. The third kappa shape index (κ3) is 5.92. The third-order valence-corrected chi connectivity index (χ3v) is 9.23. The molecule has 0 saturated carbocycles. The van der Waals surface area contributed by atoms with E-state index in [-0.39, 0.29) is 11.8 Å². The smallest absolute Gasteiger partial charge is 0.236 e. The van der Waals surface area contributed by atoms with Crippen molar-refractivity contribution in [1.29, 1.82) is 0 Å². The molecule has 1 aromatic carbocycles. The number of morpholine rings is 1. The molecule has 3 fully saturated rings. The van der Waals surface area contributed by atoms with Crippen molar-refractivity contribution in [3.05, 3.63) is 61.1 Å². The van der Waals surface area contributed by atoms with E-state index in [1.165, 1.54) is 0 Å². The highest BCUT2D eigenvalue weighted by Crippen LogP contribution is 2.35. The number of carbonyl (C=O) groups excluding carboxylic acids is 2. The van der Waals surface area contributed by atoms with Gasteiger partial charge in [0, 0.05) is 87.6 Å². The number of nitrogens with zero attached hydrogens (tertiary/aromatic N) is 6. The number of benzene rings is 1. The number of pyridine rings is 1. The lowest BCUT2D eigenvalue weighted by Gasteiger charge is -2.37. The maximum Gasteiger partial charge on any atom is 0.236 e. The van der Waals surface area contributed by atoms with Gasteiger partial charge in [0.25, 0.3) is 0 Å². The Bertz CT molecular complexity index is 1580. The van der Waals surface area contributed by atoms with Crippen LogP contribution in [0.25, 0.3) is 22.2 Å². The quantitative estimate of drug-likeness (QED) is 0.283. The molecule has 4 aromatic rings. The molecule has 2 amide bonds. The van der Waals surface area contributed by atoms with Gasteiger partial charge in [-0.1, -0.05) is 0 Å². The maximum atomic E-state index is 14.2. The number of amides is 2. The van der Waals surface area contributed by atoms with Gasteiger partial charge in [-0.3, -0.25) is 29.5 Å². The first kappa shape index (κ1) is 28.5. The highest BCUT2D eigenvalue weighted by molar-refractivity contribution is 6.00. The van der Waals surface area contributed by atoms with E-state index in [4.69, 9.17) is 4.74 Å². The van der Waals surface area contributed by atoms with E-state index in [0.717, 1.165) is 59.8 Å². The van der Waals surface area contributed by atoms with Gasteiger partial charge in [-0.15, -0.1) is 0 Å². The Morgan fingerprint density at radius 3 is 2.55 bits per heavy atom. The number of anilines is 2. The number of hydrogen-bond acceptors (Lipinski definition) is 8. The molecule has 230 valence electrons. The van der Waals surface area contributed by atoms with Gasteiger partial charge in [0.2, 0.25) is 11.8 Å². The molecule has 3 N–H and O–H groups in total. The highest BCUT2D eigenvalue weighted by atomic mass is 16.5. The Hall–Kier alpha value is -4.26. The molecule has 3 saturated heterocycles. The standard InChI is InChI=1S/C32H39N9O3/c42-29(41-14-12-40(13-15-41)28-2-1-8-34-28)21-39-11-7-32(23-39,22-38-16-18-44-19-17-38)31(43)35-25-3-4-27-26(20-25)30(37-36-27)24-5-9-33-10-6-24/h1-6,8-10,20,34H,7,11-19,21-23H2,(H,35,43)(H,36,37). The lowest BCUT2D eigenvalue weighted by Crippen LogP contribution is -2.52. The Morgan fingerprint density at radius 2 is 1.77 bits per heavy atom. The molecule has 3 aliphatic rings. The SMILES string of the molecule is O=C(CN1CCC(CN2CCOCC2)(C(=O)Nc2ccc3[nH]nc(-c4ccncc4)c3c2)C1)N1CCN(c2ccc[nH]2)CC1. The minimum absolute atomic E-state index is 0.00758. The number of nitrogens with one attached hydrogen (secondary N) is 3. The molecule has 0 bridgehead atoms. The number of likely N-dealkylation sites (tertiary alicyclic amines) is 1. The molecule has 0 spiro atoms. The van der Waals surface area contributed by atoms with E-state index in [2.05, 4.69) is 46.2 Å². The van der Waals surface area contributed by atoms with E-state index in [9.17, 15) is 9.59 Å². The number of ether oxygens (including phenoxy) is 1. The van der Waals surface area contributed by atoms with E-state index >= 15 is 0 Å². The van der Waals surface area contributed by atoms with Crippen LogP contribution in [0.15, 0.2) is 61.1 Å². The average Bonchev–Trinajstić information content (AvgIpc) is 3.83. The summed E-state index contributed by atoms with van der Waals surface area (Å²) < 4.78 is 5.59. The molecule has 12 nitrogen and oxygen atoms in total. The summed E-state index contributed by atoms with van der Waals surface area (Å²) in [6.07, 6.45) is 6.11. The van der Waals surface area contributed by atoms with Gasteiger partial charge in [-0.2, -0.15) is 5.10 Å². The summed E-state index contributed by atoms with van der Waals surface area (Å²) in [7, 11) is 0. The molecular formula is C32H39N9O3. The molecule has 12 heteroatoms. The largest absolute Gasteiger partial charge is 0.379 e. The second kappa shape index (κ2) is 12.4. The summed E-state index contributed by atoms with van der Waals surface area (Å²) in [4.78, 5) is 43.7. The molecule has 0 radical (unpaired) electrons. The maximum absolute atomic E-state index is 14.2. The van der Waals surface area contributed by atoms with Gasteiger partial charge < -0.3 is 24.8 Å². The van der Waals surface area contributed by atoms with Crippen molar-refractivity contribution in [3.63, 3.8) is 0 Å². The Morgan fingerprint density at radius 1 is 0.955 bits per heavy atom. The van der Waals surface area contributed by atoms with Crippen molar-refractivity contribution < 1.29 is 14.3 Å². The minimum Gasteiger partial charge on any atom is -0.379 e. The first-order valence-corrected chi connectivity index (χ1v) is 15.4. The summed E-state index contributed by atoms with van der Waals surface area (Å²) >= 11 is 0. The van der Waals surface area contributed by atoms with E-state index < -0.39 is 5.41 Å². The predicted molar refractivity (Wildman–Crippen MR) is 168 cm³/mol. The zero-order valence-electron chi connectivity index (χ0n) is 24.9. The minimum atomic E-state index is -0.636. The topological polar surface area (TPSA) is 126 Å². The van der Waals surface area contributed by atoms with Crippen molar-refractivity contribution in [2.75, 3.05) is 88.9 Å². The van der Waals surface area contributed by atoms with Crippen molar-refractivity contribution in [2.24, 2.45) is 5.41 Å². The first-order valence-electron chi connectivity index (χ1n) is 15.4. The van der Waals surface area contributed by atoms with Crippen LogP contribution in [0.3, 0.4) is 0 Å². The van der Waals surface area contributed by atoms with Gasteiger partial charge in [0.15, 0.2) is 0 Å². The highest BCUT2D eigenvalue weighted by Gasteiger charge is 2.46. The van der Waals surface area contributed by atoms with E-state index in [1.807, 2.05) is 47.5 Å². The van der Waals surface area contributed by atoms with Crippen LogP contribution in [0.1, 0.15) is 6.42 Å². The predicted octanol–water partition coefficient (Wildman–Crippen LogP) is 2.26. The second-order valence-corrected chi connectivity index (χ2v) is 12.1. The molecule has 1 atom stereocenters. The molecule has 3 aliphatic heterocycles. The van der Waals surface area contributed by atoms with Gasteiger partial charge in [-0.05, 0) is 55.4 Å². The summed E-state index contributed by atoms with van der Waals surface area (Å²) in [5.74, 6) is 1.22.